The third kappa shape index (κ3) is 8.14. The number of rotatable bonds is 3. The normalized spacial score (nSPS) is 14.1. The first-order valence-electron chi connectivity index (χ1n) is 10.4. The van der Waals surface area contributed by atoms with E-state index < -0.39 is 30.3 Å². The summed E-state index contributed by atoms with van der Waals surface area (Å²) in [4.78, 5) is 50.7. The van der Waals surface area contributed by atoms with Gasteiger partial charge in [-0.1, -0.05) is 18.2 Å². The number of nitrogens with zero attached hydrogens (tertiary/aromatic N) is 2. The van der Waals surface area contributed by atoms with Crippen LogP contribution in [0, 0.1) is 0 Å². The highest BCUT2D eigenvalue weighted by Crippen LogP contribution is 2.39. The standard InChI is InChI=1S/C18H16N4O3.2C2HF3O2.H2O/c19-9-16(23)22-14-4-2-1-3-10(14)8-15(22)17-20-12-6-5-11(18(24)25)7-13(12)21-17;2*3-2(4,5)1(6)7;/h1-7,15H,8-9,19H2,(H,20,21)(H,24,25);2*(H,6,7);1H2. The molecule has 218 valence electrons. The number of hydrogen-bond acceptors (Lipinski definition) is 6. The van der Waals surface area contributed by atoms with Crippen LogP contribution in [-0.2, 0) is 20.8 Å². The van der Waals surface area contributed by atoms with E-state index in [0.29, 0.717) is 23.3 Å². The van der Waals surface area contributed by atoms with Gasteiger partial charge in [0.2, 0.25) is 5.91 Å². The molecule has 2 aromatic carbocycles. The van der Waals surface area contributed by atoms with Crippen molar-refractivity contribution in [2.45, 2.75) is 24.8 Å². The van der Waals surface area contributed by atoms with Crippen molar-refractivity contribution < 1.29 is 66.3 Å². The minimum atomic E-state index is -5.08. The number of amides is 1. The number of para-hydroxylation sites is 1. The van der Waals surface area contributed by atoms with Gasteiger partial charge in [-0.2, -0.15) is 26.3 Å². The number of aromatic nitrogens is 2. The monoisotopic (exact) mass is 582 g/mol. The van der Waals surface area contributed by atoms with Crippen LogP contribution in [0.3, 0.4) is 0 Å². The van der Waals surface area contributed by atoms with Crippen LogP contribution in [0.2, 0.25) is 0 Å². The zero-order valence-corrected chi connectivity index (χ0v) is 19.7. The Morgan fingerprint density at radius 3 is 1.95 bits per heavy atom. The van der Waals surface area contributed by atoms with E-state index in [9.17, 15) is 35.9 Å². The quantitative estimate of drug-likeness (QED) is 0.286. The first kappa shape index (κ1) is 33.3. The Kier molecular flexibility index (Phi) is 10.7. The summed E-state index contributed by atoms with van der Waals surface area (Å²) in [5, 5.41) is 23.4. The Morgan fingerprint density at radius 2 is 1.48 bits per heavy atom. The Hall–Kier alpha value is -4.71. The first-order valence-corrected chi connectivity index (χ1v) is 10.4. The van der Waals surface area contributed by atoms with E-state index in [-0.39, 0.29) is 29.5 Å². The van der Waals surface area contributed by atoms with E-state index in [0.717, 1.165) is 11.3 Å². The molecule has 0 radical (unpaired) electrons. The second-order valence-electron chi connectivity index (χ2n) is 7.58. The lowest BCUT2D eigenvalue weighted by atomic mass is 10.1. The van der Waals surface area contributed by atoms with Gasteiger partial charge in [-0.15, -0.1) is 0 Å². The Morgan fingerprint density at radius 1 is 0.950 bits per heavy atom. The number of nitrogens with two attached hydrogens (primary N) is 1. The van der Waals surface area contributed by atoms with E-state index in [2.05, 4.69) is 9.97 Å². The molecule has 0 saturated heterocycles. The van der Waals surface area contributed by atoms with Crippen LogP contribution in [0.15, 0.2) is 42.5 Å². The predicted octanol–water partition coefficient (Wildman–Crippen LogP) is 2.29. The number of carboxylic acid groups (broad SMARTS) is 3. The molecule has 18 heteroatoms. The number of carbonyl (C=O) groups excluding carboxylic acids is 1. The number of hydrogen-bond donors (Lipinski definition) is 5. The summed E-state index contributed by atoms with van der Waals surface area (Å²) in [6.07, 6.45) is -9.53. The fourth-order valence-corrected chi connectivity index (χ4v) is 3.33. The second kappa shape index (κ2) is 12.9. The number of halogens is 6. The van der Waals surface area contributed by atoms with Crippen molar-refractivity contribution in [1.29, 1.82) is 0 Å². The maximum Gasteiger partial charge on any atom is 0.490 e. The molecule has 12 nitrogen and oxygen atoms in total. The van der Waals surface area contributed by atoms with Crippen LogP contribution in [0.1, 0.15) is 27.8 Å². The first-order chi connectivity index (χ1) is 18.0. The van der Waals surface area contributed by atoms with Gasteiger partial charge in [0.1, 0.15) is 5.82 Å². The molecule has 1 aliphatic rings. The van der Waals surface area contributed by atoms with Gasteiger partial charge in [-0.3, -0.25) is 4.79 Å². The molecular weight excluding hydrogens is 562 g/mol. The predicted molar refractivity (Wildman–Crippen MR) is 123 cm³/mol. The molecule has 1 atom stereocenters. The maximum atomic E-state index is 12.4. The third-order valence-corrected chi connectivity index (χ3v) is 4.97. The van der Waals surface area contributed by atoms with Gasteiger partial charge in [0.25, 0.3) is 0 Å². The lowest BCUT2D eigenvalue weighted by Gasteiger charge is -2.23. The van der Waals surface area contributed by atoms with Gasteiger partial charge >= 0.3 is 30.3 Å². The van der Waals surface area contributed by atoms with Crippen molar-refractivity contribution in [3.05, 3.63) is 59.4 Å². The SMILES string of the molecule is NCC(=O)N1c2ccccc2CC1c1nc2ccc(C(=O)O)cc2[nH]1.O.O=C(O)C(F)(F)F.O=C(O)C(F)(F)F. The van der Waals surface area contributed by atoms with E-state index in [1.807, 2.05) is 24.3 Å². The van der Waals surface area contributed by atoms with Crippen LogP contribution in [0.4, 0.5) is 32.0 Å². The van der Waals surface area contributed by atoms with Crippen LogP contribution in [0.5, 0.6) is 0 Å². The lowest BCUT2D eigenvalue weighted by molar-refractivity contribution is -0.193. The van der Waals surface area contributed by atoms with Gasteiger partial charge in [-0.25, -0.2) is 19.4 Å². The van der Waals surface area contributed by atoms with Crippen LogP contribution >= 0.6 is 0 Å². The van der Waals surface area contributed by atoms with E-state index in [4.69, 9.17) is 30.6 Å². The zero-order chi connectivity index (χ0) is 29.7. The van der Waals surface area contributed by atoms with Gasteiger partial charge in [0.15, 0.2) is 0 Å². The highest BCUT2D eigenvalue weighted by molar-refractivity contribution is 5.98. The molecule has 3 aromatic rings. The maximum absolute atomic E-state index is 12.4. The van der Waals surface area contributed by atoms with Gasteiger partial charge in [-0.05, 0) is 29.8 Å². The molecule has 0 spiro atoms. The fraction of sp³-hybridized carbons (Fsp3) is 0.227. The summed E-state index contributed by atoms with van der Waals surface area (Å²) in [7, 11) is 0. The van der Waals surface area contributed by atoms with Crippen LogP contribution in [0.25, 0.3) is 11.0 Å². The minimum Gasteiger partial charge on any atom is -0.478 e. The van der Waals surface area contributed by atoms with Crippen molar-refractivity contribution in [1.82, 2.24) is 9.97 Å². The molecule has 1 amide bonds. The molecule has 0 fully saturated rings. The smallest absolute Gasteiger partial charge is 0.478 e. The zero-order valence-electron chi connectivity index (χ0n) is 19.7. The topological polar surface area (TPSA) is 218 Å². The number of carbonyl (C=O) groups is 4. The summed E-state index contributed by atoms with van der Waals surface area (Å²) in [6, 6.07) is 12.1. The Labute approximate surface area is 218 Å². The highest BCUT2D eigenvalue weighted by atomic mass is 19.4. The molecular formula is C22H20F6N4O8. The average Bonchev–Trinajstić information content (AvgIpc) is 3.44. The largest absolute Gasteiger partial charge is 0.490 e. The Bertz CT molecular complexity index is 1370. The summed E-state index contributed by atoms with van der Waals surface area (Å²) in [5.74, 6) is -6.07. The number of anilines is 1. The van der Waals surface area contributed by atoms with Crippen molar-refractivity contribution >= 4 is 40.5 Å². The van der Waals surface area contributed by atoms with Crippen molar-refractivity contribution in [2.75, 3.05) is 11.4 Å². The molecule has 0 saturated carbocycles. The van der Waals surface area contributed by atoms with Crippen LogP contribution < -0.4 is 10.6 Å². The molecule has 1 unspecified atom stereocenters. The molecule has 0 bridgehead atoms. The number of carboxylic acids is 3. The second-order valence-corrected chi connectivity index (χ2v) is 7.58. The van der Waals surface area contributed by atoms with Gasteiger partial charge in [0.05, 0.1) is 29.2 Å². The summed E-state index contributed by atoms with van der Waals surface area (Å²) in [6.45, 7) is -0.0891. The van der Waals surface area contributed by atoms with E-state index >= 15 is 0 Å². The van der Waals surface area contributed by atoms with E-state index in [1.165, 1.54) is 6.07 Å². The molecule has 2 heterocycles. The molecule has 1 aliphatic heterocycles. The summed E-state index contributed by atoms with van der Waals surface area (Å²) < 4.78 is 63.5. The number of benzene rings is 2. The minimum absolute atomic E-state index is 0. The number of nitrogens with one attached hydrogen (secondary N) is 1. The molecule has 8 N–H and O–H groups in total. The lowest BCUT2D eigenvalue weighted by Crippen LogP contribution is -2.37. The summed E-state index contributed by atoms with van der Waals surface area (Å²) in [5.41, 5.74) is 8.97. The summed E-state index contributed by atoms with van der Waals surface area (Å²) >= 11 is 0. The van der Waals surface area contributed by atoms with Gasteiger partial charge < -0.3 is 36.4 Å². The van der Waals surface area contributed by atoms with Crippen molar-refractivity contribution in [2.24, 2.45) is 5.73 Å². The van der Waals surface area contributed by atoms with Crippen molar-refractivity contribution in [3.63, 3.8) is 0 Å². The third-order valence-electron chi connectivity index (χ3n) is 4.97. The van der Waals surface area contributed by atoms with Crippen LogP contribution in [-0.4, -0.2) is 73.5 Å². The number of aromatic carboxylic acids is 1. The number of fused-ring (bicyclic) bond motifs is 2. The van der Waals surface area contributed by atoms with Gasteiger partial charge in [0, 0.05) is 12.1 Å². The number of aromatic amines is 1. The molecule has 40 heavy (non-hydrogen) atoms. The molecule has 0 aliphatic carbocycles. The number of aliphatic carboxylic acids is 2. The Balaban J connectivity index is 0.000000446. The molecule has 1 aromatic heterocycles. The molecule has 4 rings (SSSR count). The van der Waals surface area contributed by atoms with E-state index in [1.54, 1.807) is 17.0 Å². The average molecular weight is 582 g/mol. The fourth-order valence-electron chi connectivity index (χ4n) is 3.33. The number of H-pyrrole nitrogens is 1. The number of imidazole rings is 1. The van der Waals surface area contributed by atoms with Crippen molar-refractivity contribution in [3.8, 4) is 0 Å². The number of alkyl halides is 6. The highest BCUT2D eigenvalue weighted by Gasteiger charge is 2.39.